The molecule has 0 bridgehead atoms. The lowest BCUT2D eigenvalue weighted by atomic mass is 10.2. The summed E-state index contributed by atoms with van der Waals surface area (Å²) in [6, 6.07) is 17.3. The standard InChI is InChI=1S/C22H24FNO4/c1-26-20-7-9-21(10-8-20)28-16-19(25)14-24(15-22-6-3-11-27-22)13-17-4-2-5-18(23)12-17/h2-12,19,25H,13-16H2,1H3. The number of benzene rings is 2. The Morgan fingerprint density at radius 1 is 1.04 bits per heavy atom. The van der Waals surface area contributed by atoms with Gasteiger partial charge < -0.3 is 19.0 Å². The van der Waals surface area contributed by atoms with Crippen molar-refractivity contribution in [1.29, 1.82) is 0 Å². The first-order valence-corrected chi connectivity index (χ1v) is 9.06. The zero-order valence-corrected chi connectivity index (χ0v) is 15.8. The molecule has 0 radical (unpaired) electrons. The number of furan rings is 1. The van der Waals surface area contributed by atoms with Crippen molar-refractivity contribution in [3.63, 3.8) is 0 Å². The van der Waals surface area contributed by atoms with E-state index in [-0.39, 0.29) is 12.4 Å². The number of methoxy groups -OCH3 is 1. The summed E-state index contributed by atoms with van der Waals surface area (Å²) in [5.74, 6) is 1.90. The molecule has 5 nitrogen and oxygen atoms in total. The van der Waals surface area contributed by atoms with Gasteiger partial charge in [-0.3, -0.25) is 4.90 Å². The van der Waals surface area contributed by atoms with Crippen molar-refractivity contribution in [1.82, 2.24) is 4.90 Å². The van der Waals surface area contributed by atoms with Crippen LogP contribution in [0, 0.1) is 5.82 Å². The fourth-order valence-electron chi connectivity index (χ4n) is 2.92. The van der Waals surface area contributed by atoms with E-state index in [1.54, 1.807) is 43.7 Å². The molecule has 0 spiro atoms. The highest BCUT2D eigenvalue weighted by Gasteiger charge is 2.15. The summed E-state index contributed by atoms with van der Waals surface area (Å²) in [4.78, 5) is 2.00. The third-order valence-corrected chi connectivity index (χ3v) is 4.23. The predicted molar refractivity (Wildman–Crippen MR) is 104 cm³/mol. The Bertz CT molecular complexity index is 836. The number of halogens is 1. The molecule has 1 aromatic heterocycles. The van der Waals surface area contributed by atoms with E-state index in [1.807, 2.05) is 23.1 Å². The molecule has 0 aliphatic rings. The third kappa shape index (κ3) is 6.11. The third-order valence-electron chi connectivity index (χ3n) is 4.23. The topological polar surface area (TPSA) is 55.1 Å². The molecule has 1 unspecified atom stereocenters. The average molecular weight is 385 g/mol. The maximum atomic E-state index is 13.5. The first kappa shape index (κ1) is 19.9. The Labute approximate surface area is 163 Å². The van der Waals surface area contributed by atoms with E-state index in [4.69, 9.17) is 13.9 Å². The maximum Gasteiger partial charge on any atom is 0.123 e. The van der Waals surface area contributed by atoms with Gasteiger partial charge in [0.2, 0.25) is 0 Å². The monoisotopic (exact) mass is 385 g/mol. The van der Waals surface area contributed by atoms with E-state index in [0.717, 1.165) is 17.1 Å². The van der Waals surface area contributed by atoms with Crippen molar-refractivity contribution < 1.29 is 23.4 Å². The van der Waals surface area contributed by atoms with Gasteiger partial charge in [0.15, 0.2) is 0 Å². The molecule has 6 heteroatoms. The second-order valence-corrected chi connectivity index (χ2v) is 6.52. The number of hydrogen-bond donors (Lipinski definition) is 1. The van der Waals surface area contributed by atoms with E-state index in [1.165, 1.54) is 12.1 Å². The Morgan fingerprint density at radius 2 is 1.82 bits per heavy atom. The first-order chi connectivity index (χ1) is 13.6. The van der Waals surface area contributed by atoms with Crippen LogP contribution in [-0.2, 0) is 13.1 Å². The molecule has 148 valence electrons. The van der Waals surface area contributed by atoms with E-state index in [9.17, 15) is 9.50 Å². The van der Waals surface area contributed by atoms with Crippen molar-refractivity contribution in [3.8, 4) is 11.5 Å². The average Bonchev–Trinajstić information content (AvgIpc) is 3.20. The highest BCUT2D eigenvalue weighted by Crippen LogP contribution is 2.18. The molecule has 0 fully saturated rings. The molecule has 0 aliphatic carbocycles. The highest BCUT2D eigenvalue weighted by molar-refractivity contribution is 5.31. The molecule has 28 heavy (non-hydrogen) atoms. The summed E-state index contributed by atoms with van der Waals surface area (Å²) >= 11 is 0. The number of rotatable bonds is 10. The smallest absolute Gasteiger partial charge is 0.123 e. The van der Waals surface area contributed by atoms with Crippen molar-refractivity contribution in [2.45, 2.75) is 19.2 Å². The van der Waals surface area contributed by atoms with Crippen molar-refractivity contribution >= 4 is 0 Å². The molecule has 3 rings (SSSR count). The van der Waals surface area contributed by atoms with Crippen LogP contribution in [0.15, 0.2) is 71.3 Å². The van der Waals surface area contributed by atoms with Crippen LogP contribution >= 0.6 is 0 Å². The Kier molecular flexibility index (Phi) is 7.06. The molecule has 0 saturated carbocycles. The van der Waals surface area contributed by atoms with E-state index >= 15 is 0 Å². The van der Waals surface area contributed by atoms with E-state index in [0.29, 0.717) is 25.4 Å². The van der Waals surface area contributed by atoms with E-state index < -0.39 is 6.10 Å². The van der Waals surface area contributed by atoms with Gasteiger partial charge in [0.25, 0.3) is 0 Å². The number of ether oxygens (including phenoxy) is 2. The van der Waals surface area contributed by atoms with Gasteiger partial charge in [-0.25, -0.2) is 4.39 Å². The SMILES string of the molecule is COc1ccc(OCC(O)CN(Cc2cccc(F)c2)Cc2ccco2)cc1. The first-order valence-electron chi connectivity index (χ1n) is 9.06. The Hall–Kier alpha value is -2.83. The fraction of sp³-hybridized carbons (Fsp3) is 0.273. The molecule has 1 atom stereocenters. The summed E-state index contributed by atoms with van der Waals surface area (Å²) < 4.78 is 29.7. The van der Waals surface area contributed by atoms with Gasteiger partial charge in [0, 0.05) is 13.1 Å². The van der Waals surface area contributed by atoms with Gasteiger partial charge >= 0.3 is 0 Å². The molecule has 1 heterocycles. The molecule has 0 amide bonds. The number of aliphatic hydroxyl groups is 1. The van der Waals surface area contributed by atoms with Crippen LogP contribution in [0.5, 0.6) is 11.5 Å². The van der Waals surface area contributed by atoms with Gasteiger partial charge in [-0.1, -0.05) is 12.1 Å². The summed E-state index contributed by atoms with van der Waals surface area (Å²) in [5.41, 5.74) is 0.829. The number of nitrogens with zero attached hydrogens (tertiary/aromatic N) is 1. The molecule has 0 saturated heterocycles. The lowest BCUT2D eigenvalue weighted by Crippen LogP contribution is -2.35. The highest BCUT2D eigenvalue weighted by atomic mass is 19.1. The van der Waals surface area contributed by atoms with Gasteiger partial charge in [0.05, 0.1) is 19.9 Å². The molecular formula is C22H24FNO4. The Balaban J connectivity index is 1.58. The summed E-state index contributed by atoms with van der Waals surface area (Å²) in [6.07, 6.45) is 0.893. The minimum atomic E-state index is -0.717. The van der Waals surface area contributed by atoms with Gasteiger partial charge in [-0.05, 0) is 54.1 Å². The lowest BCUT2D eigenvalue weighted by Gasteiger charge is -2.24. The van der Waals surface area contributed by atoms with Crippen LogP contribution in [0.2, 0.25) is 0 Å². The van der Waals surface area contributed by atoms with Gasteiger partial charge in [-0.15, -0.1) is 0 Å². The second kappa shape index (κ2) is 9.92. The molecule has 1 N–H and O–H groups in total. The van der Waals surface area contributed by atoms with Crippen LogP contribution in [0.1, 0.15) is 11.3 Å². The fourth-order valence-corrected chi connectivity index (χ4v) is 2.92. The normalized spacial score (nSPS) is 12.1. The van der Waals surface area contributed by atoms with Gasteiger partial charge in [-0.2, -0.15) is 0 Å². The van der Waals surface area contributed by atoms with E-state index in [2.05, 4.69) is 0 Å². The largest absolute Gasteiger partial charge is 0.497 e. The van der Waals surface area contributed by atoms with Crippen molar-refractivity contribution in [3.05, 3.63) is 84.1 Å². The van der Waals surface area contributed by atoms with Crippen LogP contribution in [0.3, 0.4) is 0 Å². The van der Waals surface area contributed by atoms with Gasteiger partial charge in [0.1, 0.15) is 35.8 Å². The maximum absolute atomic E-state index is 13.5. The summed E-state index contributed by atoms with van der Waals surface area (Å²) in [6.45, 7) is 1.48. The predicted octanol–water partition coefficient (Wildman–Crippen LogP) is 3.87. The van der Waals surface area contributed by atoms with Crippen molar-refractivity contribution in [2.75, 3.05) is 20.3 Å². The summed E-state index contributed by atoms with van der Waals surface area (Å²) in [7, 11) is 1.60. The summed E-state index contributed by atoms with van der Waals surface area (Å²) in [5, 5.41) is 10.4. The molecule has 2 aromatic carbocycles. The van der Waals surface area contributed by atoms with Crippen LogP contribution in [-0.4, -0.2) is 36.4 Å². The molecule has 3 aromatic rings. The van der Waals surface area contributed by atoms with Crippen LogP contribution in [0.25, 0.3) is 0 Å². The molecular weight excluding hydrogens is 361 g/mol. The lowest BCUT2D eigenvalue weighted by molar-refractivity contribution is 0.0604. The second-order valence-electron chi connectivity index (χ2n) is 6.52. The number of hydrogen-bond acceptors (Lipinski definition) is 5. The zero-order chi connectivity index (χ0) is 19.8. The van der Waals surface area contributed by atoms with Crippen LogP contribution in [0.4, 0.5) is 4.39 Å². The number of aliphatic hydroxyl groups excluding tert-OH is 1. The molecule has 0 aliphatic heterocycles. The van der Waals surface area contributed by atoms with Crippen LogP contribution < -0.4 is 9.47 Å². The quantitative estimate of drug-likeness (QED) is 0.574. The van der Waals surface area contributed by atoms with Crippen molar-refractivity contribution in [2.24, 2.45) is 0 Å². The minimum Gasteiger partial charge on any atom is -0.497 e. The zero-order valence-electron chi connectivity index (χ0n) is 15.8. The Morgan fingerprint density at radius 3 is 2.50 bits per heavy atom. The minimum absolute atomic E-state index is 0.143.